The van der Waals surface area contributed by atoms with Crippen LogP contribution in [0.5, 0.6) is 0 Å². The van der Waals surface area contributed by atoms with E-state index in [2.05, 4.69) is 12.2 Å². The number of carbonyl (C=O) groups excluding carboxylic acids is 2. The van der Waals surface area contributed by atoms with Crippen molar-refractivity contribution >= 4 is 17.6 Å². The van der Waals surface area contributed by atoms with E-state index in [1.54, 1.807) is 24.1 Å². The van der Waals surface area contributed by atoms with Crippen LogP contribution in [-0.4, -0.2) is 43.0 Å². The molecule has 1 atom stereocenters. The molecule has 1 N–H and O–H groups in total. The summed E-state index contributed by atoms with van der Waals surface area (Å²) >= 11 is 0. The van der Waals surface area contributed by atoms with E-state index in [0.29, 0.717) is 18.8 Å². The second kappa shape index (κ2) is 7.24. The van der Waals surface area contributed by atoms with Gasteiger partial charge in [-0.15, -0.1) is 0 Å². The quantitative estimate of drug-likeness (QED) is 0.908. The van der Waals surface area contributed by atoms with Crippen LogP contribution < -0.4 is 10.2 Å². The monoisotopic (exact) mass is 307 g/mol. The van der Waals surface area contributed by atoms with Crippen molar-refractivity contribution in [2.24, 2.45) is 0 Å². The summed E-state index contributed by atoms with van der Waals surface area (Å²) in [5.74, 6) is -0.482. The Morgan fingerprint density at radius 3 is 2.95 bits per heavy atom. The number of unbranched alkanes of at least 4 members (excludes halogenated alkanes) is 1. The number of urea groups is 1. The highest BCUT2D eigenvalue weighted by molar-refractivity contribution is 5.96. The predicted octanol–water partition coefficient (Wildman–Crippen LogP) is 2.37. The third-order valence-electron chi connectivity index (χ3n) is 3.77. The minimum absolute atomic E-state index is 0.105. The second-order valence-electron chi connectivity index (χ2n) is 5.61. The van der Waals surface area contributed by atoms with Crippen LogP contribution in [0.1, 0.15) is 26.2 Å². The molecule has 0 bridgehead atoms. The Balaban J connectivity index is 1.93. The molecule has 0 aromatic heterocycles. The summed E-state index contributed by atoms with van der Waals surface area (Å²) in [6.45, 7) is 3.13. The molecule has 5 nitrogen and oxygen atoms in total. The summed E-state index contributed by atoms with van der Waals surface area (Å²) in [7, 11) is 1.74. The van der Waals surface area contributed by atoms with Crippen LogP contribution >= 0.6 is 0 Å². The number of nitrogens with one attached hydrogen (secondary N) is 1. The first-order valence-corrected chi connectivity index (χ1v) is 7.58. The smallest absolute Gasteiger partial charge is 0.317 e. The number of nitrogens with zero attached hydrogens (tertiary/aromatic N) is 2. The van der Waals surface area contributed by atoms with Gasteiger partial charge in [-0.25, -0.2) is 9.18 Å². The van der Waals surface area contributed by atoms with Crippen LogP contribution in [0.15, 0.2) is 24.3 Å². The lowest BCUT2D eigenvalue weighted by Crippen LogP contribution is -2.44. The lowest BCUT2D eigenvalue weighted by atomic mass is 10.2. The normalized spacial score (nSPS) is 17.7. The van der Waals surface area contributed by atoms with Crippen LogP contribution in [0, 0.1) is 5.82 Å². The molecule has 1 aromatic rings. The molecule has 0 saturated carbocycles. The molecule has 0 aliphatic carbocycles. The first-order valence-electron chi connectivity index (χ1n) is 7.58. The summed E-state index contributed by atoms with van der Waals surface area (Å²) < 4.78 is 13.3. The van der Waals surface area contributed by atoms with Crippen molar-refractivity contribution in [3.05, 3.63) is 30.1 Å². The zero-order valence-electron chi connectivity index (χ0n) is 13.0. The summed E-state index contributed by atoms with van der Waals surface area (Å²) in [6.07, 6.45) is 2.21. The molecule has 1 aliphatic heterocycles. The maximum Gasteiger partial charge on any atom is 0.317 e. The zero-order chi connectivity index (χ0) is 16.1. The van der Waals surface area contributed by atoms with Crippen molar-refractivity contribution in [1.29, 1.82) is 0 Å². The Kier molecular flexibility index (Phi) is 5.35. The highest BCUT2D eigenvalue weighted by Gasteiger charge is 2.32. The Bertz CT molecular complexity index is 550. The lowest BCUT2D eigenvalue weighted by molar-refractivity contribution is -0.117. The van der Waals surface area contributed by atoms with Gasteiger partial charge < -0.3 is 15.1 Å². The van der Waals surface area contributed by atoms with E-state index in [4.69, 9.17) is 0 Å². The highest BCUT2D eigenvalue weighted by Crippen LogP contribution is 2.22. The van der Waals surface area contributed by atoms with Gasteiger partial charge in [-0.1, -0.05) is 19.4 Å². The van der Waals surface area contributed by atoms with Crippen molar-refractivity contribution in [3.8, 4) is 0 Å². The van der Waals surface area contributed by atoms with Gasteiger partial charge in [-0.05, 0) is 24.6 Å². The number of halogens is 1. The Labute approximate surface area is 130 Å². The molecule has 1 fully saturated rings. The van der Waals surface area contributed by atoms with Gasteiger partial charge in [0.1, 0.15) is 5.82 Å². The van der Waals surface area contributed by atoms with Gasteiger partial charge in [-0.2, -0.15) is 0 Å². The first-order chi connectivity index (χ1) is 10.5. The summed E-state index contributed by atoms with van der Waals surface area (Å²) in [5.41, 5.74) is 0.529. The standard InChI is InChI=1S/C16H22FN3O2/c1-3-4-8-19(2)16(22)18-13-10-15(21)20(11-13)14-7-5-6-12(17)9-14/h5-7,9,13H,3-4,8,10-11H2,1-2H3,(H,18,22)/t13-/m0/s1. The van der Waals surface area contributed by atoms with Gasteiger partial charge in [0, 0.05) is 32.2 Å². The van der Waals surface area contributed by atoms with Gasteiger partial charge in [0.2, 0.25) is 5.91 Å². The molecule has 1 heterocycles. The van der Waals surface area contributed by atoms with E-state index >= 15 is 0 Å². The number of hydrogen-bond donors (Lipinski definition) is 1. The fourth-order valence-electron chi connectivity index (χ4n) is 2.48. The van der Waals surface area contributed by atoms with E-state index in [9.17, 15) is 14.0 Å². The van der Waals surface area contributed by atoms with Crippen LogP contribution in [0.4, 0.5) is 14.9 Å². The topological polar surface area (TPSA) is 52.7 Å². The molecule has 0 radical (unpaired) electrons. The molecule has 1 saturated heterocycles. The molecular weight excluding hydrogens is 285 g/mol. The Morgan fingerprint density at radius 1 is 1.50 bits per heavy atom. The summed E-state index contributed by atoms with van der Waals surface area (Å²) in [6, 6.07) is 5.52. The molecule has 22 heavy (non-hydrogen) atoms. The van der Waals surface area contributed by atoms with Gasteiger partial charge in [0.15, 0.2) is 0 Å². The number of amides is 3. The maximum atomic E-state index is 13.3. The lowest BCUT2D eigenvalue weighted by Gasteiger charge is -2.21. The second-order valence-corrected chi connectivity index (χ2v) is 5.61. The van der Waals surface area contributed by atoms with Crippen molar-refractivity contribution in [3.63, 3.8) is 0 Å². The maximum absolute atomic E-state index is 13.3. The molecule has 1 aromatic carbocycles. The van der Waals surface area contributed by atoms with Gasteiger partial charge in [0.05, 0.1) is 6.04 Å². The van der Waals surface area contributed by atoms with E-state index < -0.39 is 0 Å². The number of carbonyl (C=O) groups is 2. The minimum Gasteiger partial charge on any atom is -0.333 e. The van der Waals surface area contributed by atoms with Crippen LogP contribution in [0.3, 0.4) is 0 Å². The number of anilines is 1. The molecule has 0 unspecified atom stereocenters. The number of rotatable bonds is 5. The third-order valence-corrected chi connectivity index (χ3v) is 3.77. The summed E-state index contributed by atoms with van der Waals surface area (Å²) in [5, 5.41) is 2.86. The van der Waals surface area contributed by atoms with E-state index in [1.165, 1.54) is 17.0 Å². The molecular formula is C16H22FN3O2. The number of hydrogen-bond acceptors (Lipinski definition) is 2. The molecule has 120 valence electrons. The Morgan fingerprint density at radius 2 is 2.27 bits per heavy atom. The fraction of sp³-hybridized carbons (Fsp3) is 0.500. The third kappa shape index (κ3) is 3.96. The molecule has 2 rings (SSSR count). The SMILES string of the molecule is CCCCN(C)C(=O)N[C@H]1CC(=O)N(c2cccc(F)c2)C1. The minimum atomic E-state index is -0.378. The van der Waals surface area contributed by atoms with E-state index in [-0.39, 0.29) is 30.2 Å². The first kappa shape index (κ1) is 16.3. The van der Waals surface area contributed by atoms with E-state index in [1.807, 2.05) is 0 Å². The van der Waals surface area contributed by atoms with Gasteiger partial charge in [0.25, 0.3) is 0 Å². The van der Waals surface area contributed by atoms with E-state index in [0.717, 1.165) is 12.8 Å². The van der Waals surface area contributed by atoms with Crippen molar-refractivity contribution in [2.75, 3.05) is 25.0 Å². The van der Waals surface area contributed by atoms with Gasteiger partial charge >= 0.3 is 6.03 Å². The van der Waals surface area contributed by atoms with Crippen LogP contribution in [-0.2, 0) is 4.79 Å². The van der Waals surface area contributed by atoms with Crippen molar-refractivity contribution < 1.29 is 14.0 Å². The molecule has 1 aliphatic rings. The summed E-state index contributed by atoms with van der Waals surface area (Å²) in [4.78, 5) is 27.2. The zero-order valence-corrected chi connectivity index (χ0v) is 13.0. The fourth-order valence-corrected chi connectivity index (χ4v) is 2.48. The average Bonchev–Trinajstić information content (AvgIpc) is 2.85. The Hall–Kier alpha value is -2.11. The number of benzene rings is 1. The molecule has 3 amide bonds. The largest absolute Gasteiger partial charge is 0.333 e. The van der Waals surface area contributed by atoms with Crippen LogP contribution in [0.25, 0.3) is 0 Å². The molecule has 6 heteroatoms. The highest BCUT2D eigenvalue weighted by atomic mass is 19.1. The predicted molar refractivity (Wildman–Crippen MR) is 83.2 cm³/mol. The van der Waals surface area contributed by atoms with Crippen LogP contribution in [0.2, 0.25) is 0 Å². The molecule has 0 spiro atoms. The van der Waals surface area contributed by atoms with Gasteiger partial charge in [-0.3, -0.25) is 4.79 Å². The van der Waals surface area contributed by atoms with Crippen molar-refractivity contribution in [2.45, 2.75) is 32.2 Å². The van der Waals surface area contributed by atoms with Crippen molar-refractivity contribution in [1.82, 2.24) is 10.2 Å². The average molecular weight is 307 g/mol.